The first-order chi connectivity index (χ1) is 7.22. The zero-order valence-corrected chi connectivity index (χ0v) is 9.07. The zero-order valence-electron chi connectivity index (χ0n) is 9.07. The first kappa shape index (κ1) is 11.5. The molecule has 0 aliphatic carbocycles. The van der Waals surface area contributed by atoms with Crippen LogP contribution in [0, 0.1) is 11.3 Å². The molecular formula is C12H16N2O. The fraction of sp³-hybridized carbons (Fsp3) is 0.417. The van der Waals surface area contributed by atoms with Gasteiger partial charge in [-0.25, -0.2) is 0 Å². The molecule has 0 atom stereocenters. The zero-order chi connectivity index (χ0) is 11.1. The van der Waals surface area contributed by atoms with Gasteiger partial charge in [0.05, 0.1) is 18.9 Å². The minimum Gasteiger partial charge on any atom is -0.468 e. The second kappa shape index (κ2) is 6.05. The van der Waals surface area contributed by atoms with Crippen molar-refractivity contribution in [3.8, 4) is 6.07 Å². The first-order valence-electron chi connectivity index (χ1n) is 4.98. The highest BCUT2D eigenvalue weighted by Crippen LogP contribution is 2.07. The third-order valence-electron chi connectivity index (χ3n) is 1.99. The van der Waals surface area contributed by atoms with Crippen LogP contribution >= 0.6 is 0 Å². The highest BCUT2D eigenvalue weighted by Gasteiger charge is 2.07. The highest BCUT2D eigenvalue weighted by molar-refractivity contribution is 5.00. The highest BCUT2D eigenvalue weighted by atomic mass is 16.3. The van der Waals surface area contributed by atoms with E-state index in [9.17, 15) is 0 Å². The average molecular weight is 204 g/mol. The van der Waals surface area contributed by atoms with Crippen molar-refractivity contribution in [1.82, 2.24) is 4.90 Å². The van der Waals surface area contributed by atoms with Crippen molar-refractivity contribution < 1.29 is 4.42 Å². The van der Waals surface area contributed by atoms with Gasteiger partial charge in [0.25, 0.3) is 0 Å². The van der Waals surface area contributed by atoms with Crippen LogP contribution in [0.3, 0.4) is 0 Å². The van der Waals surface area contributed by atoms with Crippen molar-refractivity contribution in [1.29, 1.82) is 5.26 Å². The molecule has 15 heavy (non-hydrogen) atoms. The van der Waals surface area contributed by atoms with Gasteiger partial charge in [-0.3, -0.25) is 4.90 Å². The first-order valence-corrected chi connectivity index (χ1v) is 4.98. The number of rotatable bonds is 6. The van der Waals surface area contributed by atoms with Crippen LogP contribution in [0.5, 0.6) is 0 Å². The van der Waals surface area contributed by atoms with Crippen molar-refractivity contribution in [2.45, 2.75) is 19.9 Å². The van der Waals surface area contributed by atoms with Crippen molar-refractivity contribution >= 4 is 0 Å². The molecule has 0 unspecified atom stereocenters. The van der Waals surface area contributed by atoms with Gasteiger partial charge in [-0.1, -0.05) is 12.2 Å². The third-order valence-corrected chi connectivity index (χ3v) is 1.99. The minimum atomic E-state index is 0.536. The van der Waals surface area contributed by atoms with E-state index in [1.807, 2.05) is 19.1 Å². The topological polar surface area (TPSA) is 40.2 Å². The van der Waals surface area contributed by atoms with Crippen LogP contribution in [0.15, 0.2) is 35.0 Å². The lowest BCUT2D eigenvalue weighted by Gasteiger charge is -2.19. The molecule has 0 bridgehead atoms. The molecule has 0 amide bonds. The summed E-state index contributed by atoms with van der Waals surface area (Å²) >= 11 is 0. The minimum absolute atomic E-state index is 0.536. The molecule has 1 aromatic heterocycles. The lowest BCUT2D eigenvalue weighted by molar-refractivity contribution is 0.268. The normalized spacial score (nSPS) is 10.2. The molecule has 0 saturated carbocycles. The molecule has 3 nitrogen and oxygen atoms in total. The molecule has 0 aliphatic rings. The summed E-state index contributed by atoms with van der Waals surface area (Å²) in [6.45, 7) is 8.16. The van der Waals surface area contributed by atoms with E-state index in [2.05, 4.69) is 17.5 Å². The predicted molar refractivity (Wildman–Crippen MR) is 59.0 cm³/mol. The SMILES string of the molecule is C=C(C)CN(CCC#N)Cc1ccco1. The third kappa shape index (κ3) is 4.48. The van der Waals surface area contributed by atoms with Gasteiger partial charge in [0.1, 0.15) is 5.76 Å². The fourth-order valence-electron chi connectivity index (χ4n) is 1.43. The van der Waals surface area contributed by atoms with E-state index in [4.69, 9.17) is 9.68 Å². The Balaban J connectivity index is 2.48. The van der Waals surface area contributed by atoms with E-state index in [-0.39, 0.29) is 0 Å². The summed E-state index contributed by atoms with van der Waals surface area (Å²) in [7, 11) is 0. The molecule has 1 heterocycles. The summed E-state index contributed by atoms with van der Waals surface area (Å²) in [5.41, 5.74) is 1.10. The van der Waals surface area contributed by atoms with Gasteiger partial charge < -0.3 is 4.42 Å². The molecular weight excluding hydrogens is 188 g/mol. The maximum absolute atomic E-state index is 8.55. The average Bonchev–Trinajstić information content (AvgIpc) is 2.66. The molecule has 0 fully saturated rings. The van der Waals surface area contributed by atoms with Gasteiger partial charge in [-0.2, -0.15) is 5.26 Å². The largest absolute Gasteiger partial charge is 0.468 e. The summed E-state index contributed by atoms with van der Waals surface area (Å²) in [5.74, 6) is 0.925. The molecule has 0 aliphatic heterocycles. The van der Waals surface area contributed by atoms with E-state index < -0.39 is 0 Å². The Bertz CT molecular complexity index is 335. The quantitative estimate of drug-likeness (QED) is 0.669. The monoisotopic (exact) mass is 204 g/mol. The lowest BCUT2D eigenvalue weighted by Crippen LogP contribution is -2.25. The lowest BCUT2D eigenvalue weighted by atomic mass is 10.3. The van der Waals surface area contributed by atoms with Gasteiger partial charge in [0.2, 0.25) is 0 Å². The number of hydrogen-bond acceptors (Lipinski definition) is 3. The van der Waals surface area contributed by atoms with Crippen molar-refractivity contribution in [3.05, 3.63) is 36.3 Å². The van der Waals surface area contributed by atoms with Gasteiger partial charge in [-0.15, -0.1) is 0 Å². The molecule has 1 aromatic rings. The summed E-state index contributed by atoms with van der Waals surface area (Å²) in [5, 5.41) is 8.55. The van der Waals surface area contributed by atoms with Crippen LogP contribution in [-0.4, -0.2) is 18.0 Å². The van der Waals surface area contributed by atoms with Crippen LogP contribution in [0.2, 0.25) is 0 Å². The number of nitriles is 1. The summed E-state index contributed by atoms with van der Waals surface area (Å²) in [6, 6.07) is 5.96. The van der Waals surface area contributed by atoms with Gasteiger partial charge in [0, 0.05) is 19.5 Å². The van der Waals surface area contributed by atoms with Gasteiger partial charge in [0.15, 0.2) is 0 Å². The van der Waals surface area contributed by atoms with E-state index in [0.717, 1.165) is 31.0 Å². The number of nitrogens with zero attached hydrogens (tertiary/aromatic N) is 2. The van der Waals surface area contributed by atoms with Crippen LogP contribution in [0.25, 0.3) is 0 Å². The standard InChI is InChI=1S/C12H16N2O/c1-11(2)9-14(7-4-6-13)10-12-5-3-8-15-12/h3,5,8H,1,4,7,9-10H2,2H3. The summed E-state index contributed by atoms with van der Waals surface area (Å²) in [4.78, 5) is 2.16. The Kier molecular flexibility index (Phi) is 4.65. The molecule has 0 saturated heterocycles. The van der Waals surface area contributed by atoms with Crippen molar-refractivity contribution in [2.24, 2.45) is 0 Å². The Morgan fingerprint density at radius 3 is 3.00 bits per heavy atom. The molecule has 0 N–H and O–H groups in total. The smallest absolute Gasteiger partial charge is 0.117 e. The Labute approximate surface area is 90.6 Å². The second-order valence-electron chi connectivity index (χ2n) is 3.66. The Hall–Kier alpha value is -1.53. The van der Waals surface area contributed by atoms with E-state index in [0.29, 0.717) is 6.42 Å². The van der Waals surface area contributed by atoms with E-state index in [1.165, 1.54) is 0 Å². The molecule has 0 radical (unpaired) electrons. The Morgan fingerprint density at radius 1 is 1.67 bits per heavy atom. The molecule has 1 rings (SSSR count). The fourth-order valence-corrected chi connectivity index (χ4v) is 1.43. The molecule has 80 valence electrons. The van der Waals surface area contributed by atoms with Crippen LogP contribution in [-0.2, 0) is 6.54 Å². The van der Waals surface area contributed by atoms with E-state index in [1.54, 1.807) is 6.26 Å². The molecule has 3 heteroatoms. The van der Waals surface area contributed by atoms with Crippen LogP contribution in [0.4, 0.5) is 0 Å². The number of furan rings is 1. The van der Waals surface area contributed by atoms with Crippen molar-refractivity contribution in [3.63, 3.8) is 0 Å². The summed E-state index contributed by atoms with van der Waals surface area (Å²) < 4.78 is 5.27. The van der Waals surface area contributed by atoms with Crippen LogP contribution < -0.4 is 0 Å². The maximum Gasteiger partial charge on any atom is 0.117 e. The van der Waals surface area contributed by atoms with E-state index >= 15 is 0 Å². The second-order valence-corrected chi connectivity index (χ2v) is 3.66. The molecule has 0 spiro atoms. The Morgan fingerprint density at radius 2 is 2.47 bits per heavy atom. The van der Waals surface area contributed by atoms with Crippen molar-refractivity contribution in [2.75, 3.05) is 13.1 Å². The number of hydrogen-bond donors (Lipinski definition) is 0. The van der Waals surface area contributed by atoms with Gasteiger partial charge >= 0.3 is 0 Å². The maximum atomic E-state index is 8.55. The molecule has 0 aromatic carbocycles. The summed E-state index contributed by atoms with van der Waals surface area (Å²) in [6.07, 6.45) is 2.20. The predicted octanol–water partition coefficient (Wildman–Crippen LogP) is 2.57. The van der Waals surface area contributed by atoms with Crippen LogP contribution in [0.1, 0.15) is 19.1 Å². The van der Waals surface area contributed by atoms with Gasteiger partial charge in [-0.05, 0) is 19.1 Å².